The minimum Gasteiger partial charge on any atom is -0.379 e. The van der Waals surface area contributed by atoms with Crippen molar-refractivity contribution < 1.29 is 22.3 Å². The normalized spacial score (nSPS) is 15.1. The lowest BCUT2D eigenvalue weighted by Crippen LogP contribution is -2.27. The Bertz CT molecular complexity index is 1400. The predicted molar refractivity (Wildman–Crippen MR) is 133 cm³/mol. The topological polar surface area (TPSA) is 107 Å². The van der Waals surface area contributed by atoms with Crippen LogP contribution in [-0.4, -0.2) is 28.5 Å². The summed E-state index contributed by atoms with van der Waals surface area (Å²) in [4.78, 5) is 24.6. The van der Waals surface area contributed by atoms with Gasteiger partial charge in [0.15, 0.2) is 4.90 Å². The minimum atomic E-state index is -4.42. The number of carbonyl (C=O) groups excluding carboxylic acids is 1. The first kappa shape index (κ1) is 23.6. The van der Waals surface area contributed by atoms with Gasteiger partial charge in [0.1, 0.15) is 10.1 Å². The van der Waals surface area contributed by atoms with Crippen molar-refractivity contribution in [1.29, 1.82) is 0 Å². The summed E-state index contributed by atoms with van der Waals surface area (Å²) >= 11 is 6.55. The van der Waals surface area contributed by atoms with E-state index in [9.17, 15) is 23.3 Å². The van der Waals surface area contributed by atoms with Gasteiger partial charge in [0, 0.05) is 6.07 Å². The molecule has 1 aliphatic rings. The number of thiocarbonyl (C=S) groups is 1. The van der Waals surface area contributed by atoms with Gasteiger partial charge in [-0.25, -0.2) is 0 Å². The van der Waals surface area contributed by atoms with Crippen LogP contribution >= 0.6 is 24.0 Å². The fourth-order valence-electron chi connectivity index (χ4n) is 3.16. The maximum atomic E-state index is 12.8. The van der Waals surface area contributed by atoms with Crippen LogP contribution < -0.4 is 4.18 Å². The van der Waals surface area contributed by atoms with Gasteiger partial charge in [-0.1, -0.05) is 78.6 Å². The molecule has 0 bridgehead atoms. The van der Waals surface area contributed by atoms with Gasteiger partial charge < -0.3 is 4.18 Å². The number of nitrogens with zero attached hydrogens (tertiary/aromatic N) is 2. The van der Waals surface area contributed by atoms with Crippen LogP contribution in [0.3, 0.4) is 0 Å². The zero-order chi connectivity index (χ0) is 24.3. The smallest absolute Gasteiger partial charge is 0.346 e. The van der Waals surface area contributed by atoms with E-state index in [1.54, 1.807) is 18.2 Å². The predicted octanol–water partition coefficient (Wildman–Crippen LogP) is 4.76. The van der Waals surface area contributed by atoms with Gasteiger partial charge in [-0.3, -0.25) is 19.8 Å². The van der Waals surface area contributed by atoms with E-state index in [4.69, 9.17) is 16.4 Å². The SMILES string of the molecule is O=C1C(=Cc2ccc(OS(=O)(=O)c3ccccc3[N+](=O)[O-])cc2)SC(=S)N1Cc1ccccc1. The van der Waals surface area contributed by atoms with E-state index in [0.29, 0.717) is 21.3 Å². The molecule has 1 amide bonds. The Kier molecular flexibility index (Phi) is 6.77. The van der Waals surface area contributed by atoms with Crippen molar-refractivity contribution in [1.82, 2.24) is 4.90 Å². The van der Waals surface area contributed by atoms with Gasteiger partial charge in [-0.05, 0) is 35.4 Å². The Morgan fingerprint density at radius 1 is 1.00 bits per heavy atom. The molecule has 1 fully saturated rings. The van der Waals surface area contributed by atoms with Crippen molar-refractivity contribution in [2.24, 2.45) is 0 Å². The van der Waals surface area contributed by atoms with Gasteiger partial charge in [0.05, 0.1) is 16.4 Å². The first-order chi connectivity index (χ1) is 16.2. The molecule has 3 aromatic rings. The average molecular weight is 513 g/mol. The summed E-state index contributed by atoms with van der Waals surface area (Å²) in [5.74, 6) is -0.231. The van der Waals surface area contributed by atoms with Crippen LogP contribution in [-0.2, 0) is 21.5 Å². The number of carbonyl (C=O) groups is 1. The maximum Gasteiger partial charge on any atom is 0.346 e. The zero-order valence-corrected chi connectivity index (χ0v) is 19.8. The molecule has 1 heterocycles. The first-order valence-corrected chi connectivity index (χ1v) is 12.5. The summed E-state index contributed by atoms with van der Waals surface area (Å²) in [5.41, 5.74) is 1.02. The fraction of sp³-hybridized carbons (Fsp3) is 0.0435. The highest BCUT2D eigenvalue weighted by molar-refractivity contribution is 8.26. The number of thioether (sulfide) groups is 1. The third-order valence-corrected chi connectivity index (χ3v) is 7.45. The quantitative estimate of drug-likeness (QED) is 0.147. The lowest BCUT2D eigenvalue weighted by Gasteiger charge is -2.14. The lowest BCUT2D eigenvalue weighted by atomic mass is 10.2. The zero-order valence-electron chi connectivity index (χ0n) is 17.4. The van der Waals surface area contributed by atoms with Gasteiger partial charge in [0.2, 0.25) is 0 Å². The van der Waals surface area contributed by atoms with Crippen LogP contribution in [0, 0.1) is 10.1 Å². The Hall–Kier alpha value is -3.54. The molecular formula is C23H16N2O6S3. The molecule has 11 heteroatoms. The number of para-hydroxylation sites is 1. The van der Waals surface area contributed by atoms with E-state index in [1.165, 1.54) is 40.9 Å². The molecule has 172 valence electrons. The monoisotopic (exact) mass is 512 g/mol. The lowest BCUT2D eigenvalue weighted by molar-refractivity contribution is -0.387. The Morgan fingerprint density at radius 3 is 2.32 bits per heavy atom. The average Bonchev–Trinajstić information content (AvgIpc) is 3.08. The van der Waals surface area contributed by atoms with Crippen molar-refractivity contribution >= 4 is 56.1 Å². The maximum absolute atomic E-state index is 12.8. The molecule has 0 spiro atoms. The van der Waals surface area contributed by atoms with Crippen LogP contribution in [0.5, 0.6) is 5.75 Å². The van der Waals surface area contributed by atoms with Crippen molar-refractivity contribution in [3.8, 4) is 5.75 Å². The molecular weight excluding hydrogens is 496 g/mol. The largest absolute Gasteiger partial charge is 0.379 e. The summed E-state index contributed by atoms with van der Waals surface area (Å²) in [6, 6.07) is 20.4. The highest BCUT2D eigenvalue weighted by Gasteiger charge is 2.32. The Morgan fingerprint density at radius 2 is 1.65 bits per heavy atom. The van der Waals surface area contributed by atoms with Crippen molar-refractivity contribution in [2.75, 3.05) is 0 Å². The number of amides is 1. The minimum absolute atomic E-state index is 0.0214. The molecule has 1 saturated heterocycles. The fourth-order valence-corrected chi connectivity index (χ4v) is 5.52. The van der Waals surface area contributed by atoms with Gasteiger partial charge in [0.25, 0.3) is 11.6 Å². The van der Waals surface area contributed by atoms with E-state index in [1.807, 2.05) is 30.3 Å². The summed E-state index contributed by atoms with van der Waals surface area (Å²) in [7, 11) is -4.42. The molecule has 0 unspecified atom stereocenters. The van der Waals surface area contributed by atoms with E-state index in [-0.39, 0.29) is 11.7 Å². The molecule has 0 radical (unpaired) electrons. The molecule has 0 atom stereocenters. The second-order valence-electron chi connectivity index (χ2n) is 7.08. The number of rotatable bonds is 7. The summed E-state index contributed by atoms with van der Waals surface area (Å²) < 4.78 is 30.6. The third kappa shape index (κ3) is 5.16. The molecule has 1 aliphatic heterocycles. The number of benzene rings is 3. The second-order valence-corrected chi connectivity index (χ2v) is 10.3. The van der Waals surface area contributed by atoms with Crippen LogP contribution in [0.1, 0.15) is 11.1 Å². The van der Waals surface area contributed by atoms with E-state index >= 15 is 0 Å². The number of nitro benzene ring substituents is 1. The molecule has 0 aliphatic carbocycles. The third-order valence-electron chi connectivity index (χ3n) is 4.77. The van der Waals surface area contributed by atoms with Crippen LogP contribution in [0.15, 0.2) is 88.7 Å². The van der Waals surface area contributed by atoms with Gasteiger partial charge in [-0.15, -0.1) is 0 Å². The van der Waals surface area contributed by atoms with Crippen molar-refractivity contribution in [2.45, 2.75) is 11.4 Å². The highest BCUT2D eigenvalue weighted by atomic mass is 32.2. The summed E-state index contributed by atoms with van der Waals surface area (Å²) in [5, 5.41) is 11.1. The van der Waals surface area contributed by atoms with Crippen molar-refractivity contribution in [3.05, 3.63) is 105 Å². The molecule has 8 nitrogen and oxygen atoms in total. The summed E-state index contributed by atoms with van der Waals surface area (Å²) in [6.07, 6.45) is 1.66. The van der Waals surface area contributed by atoms with E-state index in [2.05, 4.69) is 0 Å². The molecule has 4 rings (SSSR count). The van der Waals surface area contributed by atoms with Crippen LogP contribution in [0.25, 0.3) is 6.08 Å². The standard InChI is InChI=1S/C23H16N2O6S3/c26-22-20(33-23(32)24(22)15-17-6-2-1-3-7-17)14-16-10-12-18(13-11-16)31-34(29,30)21-9-5-4-8-19(21)25(27)28/h1-14H,15H2. The van der Waals surface area contributed by atoms with Gasteiger partial charge >= 0.3 is 10.1 Å². The van der Waals surface area contributed by atoms with E-state index in [0.717, 1.165) is 17.7 Å². The molecule has 0 aromatic heterocycles. The Labute approximate surface area is 205 Å². The molecule has 0 saturated carbocycles. The number of hydrogen-bond acceptors (Lipinski definition) is 8. The Balaban J connectivity index is 1.49. The van der Waals surface area contributed by atoms with Crippen LogP contribution in [0.2, 0.25) is 0 Å². The molecule has 0 N–H and O–H groups in total. The van der Waals surface area contributed by atoms with Crippen LogP contribution in [0.4, 0.5) is 5.69 Å². The summed E-state index contributed by atoms with van der Waals surface area (Å²) in [6.45, 7) is 0.374. The second kappa shape index (κ2) is 9.75. The molecule has 34 heavy (non-hydrogen) atoms. The highest BCUT2D eigenvalue weighted by Crippen LogP contribution is 2.34. The number of nitro groups is 1. The van der Waals surface area contributed by atoms with Crippen molar-refractivity contribution in [3.63, 3.8) is 0 Å². The number of hydrogen-bond donors (Lipinski definition) is 0. The first-order valence-electron chi connectivity index (χ1n) is 9.82. The van der Waals surface area contributed by atoms with Gasteiger partial charge in [-0.2, -0.15) is 8.42 Å². The molecule has 3 aromatic carbocycles. The van der Waals surface area contributed by atoms with E-state index < -0.39 is 25.6 Å².